The average molecular weight is 687 g/mol. The van der Waals surface area contributed by atoms with Gasteiger partial charge in [0.2, 0.25) is 0 Å². The molecular formula is Co2Cr3Fe2Mn2O12. The second-order valence-electron chi connectivity index (χ2n) is 1.22. The molecule has 0 N–H and O–H groups in total. The molecule has 0 aromatic rings. The quantitative estimate of drug-likeness (QED) is 0.216. The van der Waals surface area contributed by atoms with E-state index in [9.17, 15) is 0 Å². The molecule has 0 saturated carbocycles. The van der Waals surface area contributed by atoms with Crippen LogP contribution in [0.15, 0.2) is 0 Å². The molecule has 0 aromatic carbocycles. The van der Waals surface area contributed by atoms with Gasteiger partial charge in [-0.2, -0.15) is 0 Å². The van der Waals surface area contributed by atoms with Crippen LogP contribution in [0, 0.1) is 0 Å². The zero-order valence-corrected chi connectivity index (χ0v) is 18.7. The summed E-state index contributed by atoms with van der Waals surface area (Å²) in [7, 11) is 0. The molecule has 0 aliphatic heterocycles. The summed E-state index contributed by atoms with van der Waals surface area (Å²) in [6.45, 7) is 0. The van der Waals surface area contributed by atoms with E-state index in [-0.39, 0.29) is 102 Å². The van der Waals surface area contributed by atoms with Crippen molar-refractivity contribution >= 4 is 0 Å². The van der Waals surface area contributed by atoms with E-state index < -0.39 is 40.8 Å². The van der Waals surface area contributed by atoms with Gasteiger partial charge in [0, 0.05) is 67.7 Å². The third kappa shape index (κ3) is 995. The van der Waals surface area contributed by atoms with Gasteiger partial charge in [0.05, 0.1) is 0 Å². The Balaban J connectivity index is -0.0000000129. The van der Waals surface area contributed by atoms with Crippen molar-refractivity contribution in [2.45, 2.75) is 0 Å². The molecule has 0 saturated heterocycles. The number of hydrogen-bond donors (Lipinski definition) is 0. The fraction of sp³-hybridized carbons (Fsp3) is 0. The van der Waals surface area contributed by atoms with E-state index in [4.69, 9.17) is 47.8 Å². The Bertz CT molecular complexity index is 359. The summed E-state index contributed by atoms with van der Waals surface area (Å²) >= 11 is -17.2. The van der Waals surface area contributed by atoms with Gasteiger partial charge >= 0.3 is 123 Å². The molecule has 21 heteroatoms. The molecule has 0 aliphatic rings. The van der Waals surface area contributed by atoms with Crippen LogP contribution in [0.2, 0.25) is 0 Å². The topological polar surface area (TPSA) is 241 Å². The van der Waals surface area contributed by atoms with Crippen LogP contribution in [0.3, 0.4) is 0 Å². The minimum atomic E-state index is -5.75. The summed E-state index contributed by atoms with van der Waals surface area (Å²) in [6, 6.07) is 0. The van der Waals surface area contributed by atoms with Crippen molar-refractivity contribution in [3.8, 4) is 0 Å². The molecule has 138 valence electrons. The molecule has 0 heterocycles. The Labute approximate surface area is 188 Å². The number of rotatable bonds is 0. The van der Waals surface area contributed by atoms with Crippen molar-refractivity contribution in [2.75, 3.05) is 0 Å². The molecule has 0 aliphatic carbocycles. The van der Waals surface area contributed by atoms with Gasteiger partial charge in [-0.3, -0.25) is 0 Å². The van der Waals surface area contributed by atoms with Crippen molar-refractivity contribution in [3.05, 3.63) is 0 Å². The van der Waals surface area contributed by atoms with Crippen LogP contribution >= 0.6 is 0 Å². The molecule has 0 atom stereocenters. The van der Waals surface area contributed by atoms with E-state index in [1.54, 1.807) is 0 Å². The summed E-state index contributed by atoms with van der Waals surface area (Å²) in [4.78, 5) is 0. The fourth-order valence-electron chi connectivity index (χ4n) is 0. The van der Waals surface area contributed by atoms with Gasteiger partial charge in [-0.25, -0.2) is 0 Å². The zero-order chi connectivity index (χ0) is 13.5. The SMILES string of the molecule is [Co].[Co].[Fe+3].[Fe+3].[Mn].[Mn].[O]=[Cr](=[O])([O-])[O-].[O]=[Cr](=[O])([O-])[O-].[O]=[Cr](=[O])([O-])[O-]. The molecule has 0 fully saturated rings. The predicted molar refractivity (Wildman–Crippen MR) is 4.12 cm³/mol. The van der Waals surface area contributed by atoms with E-state index in [0.717, 1.165) is 0 Å². The first-order valence-corrected chi connectivity index (χ1v) is 8.25. The molecule has 21 heavy (non-hydrogen) atoms. The third-order valence-corrected chi connectivity index (χ3v) is 0. The van der Waals surface area contributed by atoms with Crippen LogP contribution in [-0.2, 0) is 165 Å². The van der Waals surface area contributed by atoms with Crippen LogP contribution in [0.25, 0.3) is 0 Å². The first-order valence-electron chi connectivity index (χ1n) is 2.00. The molecule has 0 bridgehead atoms. The van der Waals surface area contributed by atoms with E-state index >= 15 is 0 Å². The van der Waals surface area contributed by atoms with E-state index in [1.165, 1.54) is 0 Å². The minimum absolute atomic E-state index is 0. The molecule has 0 amide bonds. The summed E-state index contributed by atoms with van der Waals surface area (Å²) in [5.41, 5.74) is 0. The summed E-state index contributed by atoms with van der Waals surface area (Å²) in [5.74, 6) is 0. The fourth-order valence-corrected chi connectivity index (χ4v) is 0. The van der Waals surface area contributed by atoms with Crippen LogP contribution in [-0.4, -0.2) is 0 Å². The maximum atomic E-state index is 8.59. The Morgan fingerprint density at radius 2 is 0.429 bits per heavy atom. The molecule has 6 radical (unpaired) electrons. The second-order valence-corrected chi connectivity index (χ2v) is 5.05. The maximum absolute atomic E-state index is 8.59. The number of hydrogen-bond acceptors (Lipinski definition) is 12. The Morgan fingerprint density at radius 3 is 0.429 bits per heavy atom. The average Bonchev–Trinajstić information content (AvgIpc) is 1.41. The van der Waals surface area contributed by atoms with Crippen LogP contribution < -0.4 is 24.9 Å². The van der Waals surface area contributed by atoms with Gasteiger partial charge in [0.15, 0.2) is 0 Å². The summed E-state index contributed by atoms with van der Waals surface area (Å²) < 4.78 is 103. The van der Waals surface area contributed by atoms with Gasteiger partial charge in [-0.05, 0) is 0 Å². The molecule has 0 rings (SSSR count). The van der Waals surface area contributed by atoms with Crippen molar-refractivity contribution < 1.29 is 190 Å². The van der Waals surface area contributed by atoms with Gasteiger partial charge in [0.1, 0.15) is 0 Å². The summed E-state index contributed by atoms with van der Waals surface area (Å²) in [6.07, 6.45) is 0. The van der Waals surface area contributed by atoms with Crippen LogP contribution in [0.5, 0.6) is 0 Å². The normalized spacial score (nSPS) is 8.29. The Kier molecular flexibility index (Phi) is 68.4. The molecular weight excluding hydrogens is 687 g/mol. The van der Waals surface area contributed by atoms with E-state index in [1.807, 2.05) is 0 Å². The van der Waals surface area contributed by atoms with Gasteiger partial charge in [-0.1, -0.05) is 0 Å². The van der Waals surface area contributed by atoms with Crippen LogP contribution in [0.4, 0.5) is 0 Å². The van der Waals surface area contributed by atoms with Crippen molar-refractivity contribution in [2.24, 2.45) is 0 Å². The molecule has 0 aromatic heterocycles. The predicted octanol–water partition coefficient (Wildman–Crippen LogP) is -7.87. The first kappa shape index (κ1) is 56.4. The third-order valence-electron chi connectivity index (χ3n) is 0. The van der Waals surface area contributed by atoms with E-state index in [2.05, 4.69) is 0 Å². The second kappa shape index (κ2) is 25.5. The summed E-state index contributed by atoms with van der Waals surface area (Å²) in [5, 5.41) is 0. The Hall–Kier alpha value is 3.25. The standard InChI is InChI=1S/2Co.3Cr.2Fe.2Mn.12O/q;;;;;2*+3;;;;;;;;;6*-1. The van der Waals surface area contributed by atoms with Gasteiger partial charge in [0.25, 0.3) is 0 Å². The first-order chi connectivity index (χ1) is 6.00. The molecule has 0 unspecified atom stereocenters. The molecule has 0 spiro atoms. The monoisotopic (exact) mass is 687 g/mol. The van der Waals surface area contributed by atoms with Gasteiger partial charge in [-0.15, -0.1) is 0 Å². The van der Waals surface area contributed by atoms with Crippen molar-refractivity contribution in [1.29, 1.82) is 0 Å². The zero-order valence-electron chi connectivity index (χ0n) is 8.25. The van der Waals surface area contributed by atoms with Crippen LogP contribution in [0.1, 0.15) is 0 Å². The molecule has 12 nitrogen and oxygen atoms in total. The Morgan fingerprint density at radius 1 is 0.429 bits per heavy atom. The van der Waals surface area contributed by atoms with Crippen molar-refractivity contribution in [1.82, 2.24) is 0 Å². The van der Waals surface area contributed by atoms with Crippen molar-refractivity contribution in [3.63, 3.8) is 0 Å². The van der Waals surface area contributed by atoms with E-state index in [0.29, 0.717) is 0 Å². The van der Waals surface area contributed by atoms with Gasteiger partial charge < -0.3 is 0 Å².